The van der Waals surface area contributed by atoms with Gasteiger partial charge in [-0.3, -0.25) is 14.3 Å². The Balaban J connectivity index is 1.62. The third-order valence-corrected chi connectivity index (χ3v) is 5.80. The van der Waals surface area contributed by atoms with Crippen molar-refractivity contribution in [3.63, 3.8) is 0 Å². The van der Waals surface area contributed by atoms with Crippen LogP contribution < -0.4 is 10.0 Å². The number of anilines is 2. The van der Waals surface area contributed by atoms with E-state index < -0.39 is 28.0 Å². The molecule has 0 unspecified atom stereocenters. The van der Waals surface area contributed by atoms with Gasteiger partial charge in [-0.2, -0.15) is 0 Å². The maximum atomic E-state index is 12.5. The predicted molar refractivity (Wildman–Crippen MR) is 134 cm³/mol. The van der Waals surface area contributed by atoms with Crippen molar-refractivity contribution in [2.45, 2.75) is 20.0 Å². The van der Waals surface area contributed by atoms with Crippen molar-refractivity contribution in [3.8, 4) is 0 Å². The molecule has 180 valence electrons. The maximum Gasteiger partial charge on any atom is 0.338 e. The third-order valence-electron chi connectivity index (χ3n) is 4.79. The second kappa shape index (κ2) is 11.3. The molecule has 0 heterocycles. The topological polar surface area (TPSA) is 119 Å². The zero-order valence-corrected chi connectivity index (χ0v) is 19.9. The smallest absolute Gasteiger partial charge is 0.338 e. The van der Waals surface area contributed by atoms with Crippen LogP contribution in [0.5, 0.6) is 0 Å². The van der Waals surface area contributed by atoms with Gasteiger partial charge < -0.3 is 10.1 Å². The van der Waals surface area contributed by atoms with Gasteiger partial charge in [-0.25, -0.2) is 13.2 Å². The molecule has 0 spiro atoms. The molecule has 3 rings (SSSR count). The van der Waals surface area contributed by atoms with E-state index in [4.69, 9.17) is 4.74 Å². The summed E-state index contributed by atoms with van der Waals surface area (Å²) < 4.78 is 32.4. The van der Waals surface area contributed by atoms with E-state index in [1.54, 1.807) is 42.5 Å². The highest BCUT2D eigenvalue weighted by atomic mass is 32.2. The molecule has 0 aliphatic carbocycles. The molecule has 0 radical (unpaired) electrons. The summed E-state index contributed by atoms with van der Waals surface area (Å²) in [7, 11) is -3.83. The zero-order chi connectivity index (χ0) is 25.4. The Morgan fingerprint density at radius 3 is 2.17 bits per heavy atom. The standard InChI is InChI=1S/C26H24N2O6S/c1-18(29)21-10-6-12-23(16-21)27-25(30)19(2)34-26(31)22-11-7-13-24(17-22)28-35(32,33)15-14-20-8-4-3-5-9-20/h3-17,19,28H,1-2H3,(H,27,30)/b15-14+/t19-/m0/s1. The van der Waals surface area contributed by atoms with E-state index >= 15 is 0 Å². The molecule has 2 N–H and O–H groups in total. The van der Waals surface area contributed by atoms with E-state index in [-0.39, 0.29) is 17.0 Å². The van der Waals surface area contributed by atoms with Gasteiger partial charge in [0.25, 0.3) is 15.9 Å². The van der Waals surface area contributed by atoms with E-state index in [9.17, 15) is 22.8 Å². The quantitative estimate of drug-likeness (QED) is 0.336. The molecule has 0 aliphatic heterocycles. The number of sulfonamides is 1. The molecule has 3 aromatic rings. The van der Waals surface area contributed by atoms with Crippen LogP contribution in [-0.2, 0) is 19.6 Å². The average Bonchev–Trinajstić information content (AvgIpc) is 2.83. The number of benzene rings is 3. The number of esters is 1. The van der Waals surface area contributed by atoms with Crippen LogP contribution in [0.2, 0.25) is 0 Å². The summed E-state index contributed by atoms with van der Waals surface area (Å²) in [5.41, 5.74) is 1.78. The number of rotatable bonds is 9. The first-order valence-corrected chi connectivity index (χ1v) is 12.2. The van der Waals surface area contributed by atoms with Gasteiger partial charge in [0.15, 0.2) is 11.9 Å². The van der Waals surface area contributed by atoms with Crippen molar-refractivity contribution in [3.05, 3.63) is 101 Å². The van der Waals surface area contributed by atoms with Gasteiger partial charge in [-0.15, -0.1) is 0 Å². The number of hydrogen-bond acceptors (Lipinski definition) is 6. The lowest BCUT2D eigenvalue weighted by Crippen LogP contribution is -2.30. The summed E-state index contributed by atoms with van der Waals surface area (Å²) >= 11 is 0. The lowest BCUT2D eigenvalue weighted by Gasteiger charge is -2.14. The number of carbonyl (C=O) groups is 3. The minimum Gasteiger partial charge on any atom is -0.449 e. The lowest BCUT2D eigenvalue weighted by atomic mass is 10.1. The summed E-state index contributed by atoms with van der Waals surface area (Å²) in [4.78, 5) is 36.5. The van der Waals surface area contributed by atoms with Crippen molar-refractivity contribution < 1.29 is 27.5 Å². The summed E-state index contributed by atoms with van der Waals surface area (Å²) in [6, 6.07) is 21.1. The highest BCUT2D eigenvalue weighted by molar-refractivity contribution is 7.95. The maximum absolute atomic E-state index is 12.5. The Kier molecular flexibility index (Phi) is 8.17. The fourth-order valence-electron chi connectivity index (χ4n) is 2.98. The highest BCUT2D eigenvalue weighted by Gasteiger charge is 2.20. The van der Waals surface area contributed by atoms with Crippen LogP contribution in [0.25, 0.3) is 6.08 Å². The Bertz CT molecular complexity index is 1370. The number of ketones is 1. The van der Waals surface area contributed by atoms with Crippen LogP contribution in [0.15, 0.2) is 84.3 Å². The largest absolute Gasteiger partial charge is 0.449 e. The minimum atomic E-state index is -3.83. The molecule has 0 saturated heterocycles. The van der Waals surface area contributed by atoms with Gasteiger partial charge >= 0.3 is 5.97 Å². The average molecular weight is 493 g/mol. The van der Waals surface area contributed by atoms with Crippen LogP contribution in [0.4, 0.5) is 11.4 Å². The zero-order valence-electron chi connectivity index (χ0n) is 19.1. The van der Waals surface area contributed by atoms with Crippen molar-refractivity contribution in [2.75, 3.05) is 10.0 Å². The van der Waals surface area contributed by atoms with Crippen LogP contribution in [0.1, 0.15) is 40.1 Å². The molecule has 0 saturated carbocycles. The second-order valence-corrected chi connectivity index (χ2v) is 9.18. The molecule has 0 bridgehead atoms. The molecular formula is C26H24N2O6S. The number of amides is 1. The van der Waals surface area contributed by atoms with Crippen LogP contribution >= 0.6 is 0 Å². The fraction of sp³-hybridized carbons (Fsp3) is 0.115. The molecule has 0 fully saturated rings. The summed E-state index contributed by atoms with van der Waals surface area (Å²) in [6.45, 7) is 2.82. The van der Waals surface area contributed by atoms with Gasteiger partial charge in [0.1, 0.15) is 0 Å². The SMILES string of the molecule is CC(=O)c1cccc(NC(=O)[C@H](C)OC(=O)c2cccc(NS(=O)(=O)/C=C/c3ccccc3)c2)c1. The van der Waals surface area contributed by atoms with E-state index in [0.717, 1.165) is 11.0 Å². The minimum absolute atomic E-state index is 0.0652. The Hall–Kier alpha value is -4.24. The molecule has 35 heavy (non-hydrogen) atoms. The second-order valence-electron chi connectivity index (χ2n) is 7.62. The van der Waals surface area contributed by atoms with Gasteiger partial charge in [0, 0.05) is 16.9 Å². The van der Waals surface area contributed by atoms with Crippen molar-refractivity contribution in [2.24, 2.45) is 0 Å². The normalized spacial score (nSPS) is 12.1. The van der Waals surface area contributed by atoms with Crippen molar-refractivity contribution >= 4 is 45.1 Å². The van der Waals surface area contributed by atoms with Crippen LogP contribution in [0.3, 0.4) is 0 Å². The number of Topliss-reactive ketones (excluding diaryl/α,β-unsaturated/α-hetero) is 1. The van der Waals surface area contributed by atoms with Gasteiger partial charge in [0.05, 0.1) is 11.0 Å². The molecule has 1 atom stereocenters. The molecule has 3 aromatic carbocycles. The summed E-state index contributed by atoms with van der Waals surface area (Å²) in [5.74, 6) is -1.53. The van der Waals surface area contributed by atoms with Crippen molar-refractivity contribution in [1.82, 2.24) is 0 Å². The summed E-state index contributed by atoms with van der Waals surface area (Å²) in [5, 5.41) is 3.62. The number of nitrogens with one attached hydrogen (secondary N) is 2. The van der Waals surface area contributed by atoms with Gasteiger partial charge in [0.2, 0.25) is 0 Å². The Morgan fingerprint density at radius 1 is 0.857 bits per heavy atom. The van der Waals surface area contributed by atoms with Crippen LogP contribution in [0, 0.1) is 0 Å². The predicted octanol–water partition coefficient (Wildman–Crippen LogP) is 4.49. The molecule has 0 aromatic heterocycles. The highest BCUT2D eigenvalue weighted by Crippen LogP contribution is 2.16. The molecule has 8 nitrogen and oxygen atoms in total. The Labute approximate surface area is 203 Å². The van der Waals surface area contributed by atoms with Gasteiger partial charge in [-0.1, -0.05) is 48.5 Å². The van der Waals surface area contributed by atoms with E-state index in [0.29, 0.717) is 11.3 Å². The van der Waals surface area contributed by atoms with E-state index in [2.05, 4.69) is 10.0 Å². The third kappa shape index (κ3) is 7.65. The molecule has 9 heteroatoms. The fourth-order valence-corrected chi connectivity index (χ4v) is 3.84. The van der Waals surface area contributed by atoms with Crippen molar-refractivity contribution in [1.29, 1.82) is 0 Å². The van der Waals surface area contributed by atoms with E-state index in [1.165, 1.54) is 50.3 Å². The monoisotopic (exact) mass is 492 g/mol. The molecular weight excluding hydrogens is 468 g/mol. The number of ether oxygens (including phenoxy) is 1. The number of carbonyl (C=O) groups excluding carboxylic acids is 3. The number of hydrogen-bond donors (Lipinski definition) is 2. The molecule has 1 amide bonds. The Morgan fingerprint density at radius 2 is 1.49 bits per heavy atom. The van der Waals surface area contributed by atoms with Gasteiger partial charge in [-0.05, 0) is 55.8 Å². The molecule has 0 aliphatic rings. The first-order valence-electron chi connectivity index (χ1n) is 10.6. The van der Waals surface area contributed by atoms with Crippen LogP contribution in [-0.4, -0.2) is 32.2 Å². The first kappa shape index (κ1) is 25.4. The lowest BCUT2D eigenvalue weighted by molar-refractivity contribution is -0.123. The first-order chi connectivity index (χ1) is 16.6. The van der Waals surface area contributed by atoms with E-state index in [1.807, 2.05) is 6.07 Å². The summed E-state index contributed by atoms with van der Waals surface area (Å²) in [6.07, 6.45) is 0.310.